The first kappa shape index (κ1) is 14.0. The SMILES string of the molecule is Cc1cc(C)c(C(O)c2ccc(Cl)c(F)c2)cc1C. The summed E-state index contributed by atoms with van der Waals surface area (Å²) < 4.78 is 13.5. The van der Waals surface area contributed by atoms with Gasteiger partial charge in [-0.05, 0) is 60.7 Å². The zero-order valence-electron chi connectivity index (χ0n) is 11.2. The van der Waals surface area contributed by atoms with Crippen molar-refractivity contribution in [3.63, 3.8) is 0 Å². The molecule has 1 nitrogen and oxygen atoms in total. The molecule has 0 aliphatic heterocycles. The van der Waals surface area contributed by atoms with Gasteiger partial charge in [-0.3, -0.25) is 0 Å². The molecule has 0 heterocycles. The van der Waals surface area contributed by atoms with E-state index in [2.05, 4.69) is 0 Å². The molecule has 2 aromatic rings. The molecule has 0 saturated heterocycles. The molecule has 1 atom stereocenters. The number of hydrogen-bond donors (Lipinski definition) is 1. The molecule has 0 radical (unpaired) electrons. The van der Waals surface area contributed by atoms with E-state index in [1.54, 1.807) is 6.07 Å². The van der Waals surface area contributed by atoms with Crippen molar-refractivity contribution in [3.05, 3.63) is 69.0 Å². The third-order valence-corrected chi connectivity index (χ3v) is 3.74. The van der Waals surface area contributed by atoms with Crippen LogP contribution in [0.25, 0.3) is 0 Å². The summed E-state index contributed by atoms with van der Waals surface area (Å²) in [6.45, 7) is 5.96. The first-order chi connectivity index (χ1) is 8.90. The van der Waals surface area contributed by atoms with E-state index >= 15 is 0 Å². The molecule has 1 unspecified atom stereocenters. The molecule has 19 heavy (non-hydrogen) atoms. The molecule has 2 aromatic carbocycles. The van der Waals surface area contributed by atoms with Crippen LogP contribution in [-0.2, 0) is 0 Å². The van der Waals surface area contributed by atoms with Crippen molar-refractivity contribution >= 4 is 11.6 Å². The number of aliphatic hydroxyl groups is 1. The Kier molecular flexibility index (Phi) is 3.93. The van der Waals surface area contributed by atoms with Crippen molar-refractivity contribution in [2.24, 2.45) is 0 Å². The Hall–Kier alpha value is -1.38. The average molecular weight is 279 g/mol. The number of aryl methyl sites for hydroxylation is 3. The zero-order chi connectivity index (χ0) is 14.2. The predicted molar refractivity (Wildman–Crippen MR) is 76.1 cm³/mol. The molecule has 0 amide bonds. The fraction of sp³-hybridized carbons (Fsp3) is 0.250. The number of benzene rings is 2. The molecular weight excluding hydrogens is 263 g/mol. The number of halogens is 2. The average Bonchev–Trinajstić information content (AvgIpc) is 2.36. The van der Waals surface area contributed by atoms with Crippen LogP contribution in [0.3, 0.4) is 0 Å². The summed E-state index contributed by atoms with van der Waals surface area (Å²) in [5.74, 6) is -0.514. The number of aliphatic hydroxyl groups excluding tert-OH is 1. The lowest BCUT2D eigenvalue weighted by atomic mass is 9.93. The van der Waals surface area contributed by atoms with Gasteiger partial charge in [0.1, 0.15) is 11.9 Å². The quantitative estimate of drug-likeness (QED) is 0.858. The minimum absolute atomic E-state index is 0.0627. The van der Waals surface area contributed by atoms with Gasteiger partial charge in [0.05, 0.1) is 5.02 Å². The minimum Gasteiger partial charge on any atom is -0.384 e. The van der Waals surface area contributed by atoms with Gasteiger partial charge in [-0.1, -0.05) is 29.8 Å². The second-order valence-corrected chi connectivity index (χ2v) is 5.28. The van der Waals surface area contributed by atoms with Gasteiger partial charge < -0.3 is 5.11 Å². The smallest absolute Gasteiger partial charge is 0.142 e. The Balaban J connectivity index is 2.46. The van der Waals surface area contributed by atoms with E-state index in [4.69, 9.17) is 11.6 Å². The maximum Gasteiger partial charge on any atom is 0.142 e. The maximum absolute atomic E-state index is 13.5. The second kappa shape index (κ2) is 5.32. The second-order valence-electron chi connectivity index (χ2n) is 4.87. The van der Waals surface area contributed by atoms with Crippen LogP contribution in [0.5, 0.6) is 0 Å². The first-order valence-corrected chi connectivity index (χ1v) is 6.48. The van der Waals surface area contributed by atoms with E-state index in [0.717, 1.165) is 16.7 Å². The largest absolute Gasteiger partial charge is 0.384 e. The fourth-order valence-electron chi connectivity index (χ4n) is 2.14. The Morgan fingerprint density at radius 2 is 1.63 bits per heavy atom. The lowest BCUT2D eigenvalue weighted by Gasteiger charge is -2.16. The Morgan fingerprint density at radius 3 is 2.26 bits per heavy atom. The van der Waals surface area contributed by atoms with Crippen molar-refractivity contribution in [1.29, 1.82) is 0 Å². The minimum atomic E-state index is -0.842. The Labute approximate surface area is 117 Å². The topological polar surface area (TPSA) is 20.2 Å². The molecule has 0 aliphatic rings. The first-order valence-electron chi connectivity index (χ1n) is 6.11. The Bertz CT molecular complexity index is 622. The molecule has 0 spiro atoms. The van der Waals surface area contributed by atoms with E-state index in [9.17, 15) is 9.50 Å². The molecule has 1 N–H and O–H groups in total. The summed E-state index contributed by atoms with van der Waals surface area (Å²) in [6, 6.07) is 8.36. The maximum atomic E-state index is 13.5. The van der Waals surface area contributed by atoms with Gasteiger partial charge in [0, 0.05) is 0 Å². The molecule has 2 rings (SSSR count). The van der Waals surface area contributed by atoms with Gasteiger partial charge in [-0.25, -0.2) is 4.39 Å². The third-order valence-electron chi connectivity index (χ3n) is 3.44. The molecular formula is C16H16ClFO. The molecule has 0 aromatic heterocycles. The molecule has 3 heteroatoms. The van der Waals surface area contributed by atoms with Crippen molar-refractivity contribution < 1.29 is 9.50 Å². The van der Waals surface area contributed by atoms with Gasteiger partial charge in [-0.15, -0.1) is 0 Å². The van der Waals surface area contributed by atoms with Gasteiger partial charge in [-0.2, -0.15) is 0 Å². The molecule has 100 valence electrons. The van der Waals surface area contributed by atoms with Crippen molar-refractivity contribution in [1.82, 2.24) is 0 Å². The zero-order valence-corrected chi connectivity index (χ0v) is 11.9. The van der Waals surface area contributed by atoms with Gasteiger partial charge >= 0.3 is 0 Å². The summed E-state index contributed by atoms with van der Waals surface area (Å²) in [7, 11) is 0. The summed E-state index contributed by atoms with van der Waals surface area (Å²) in [4.78, 5) is 0. The summed E-state index contributed by atoms with van der Waals surface area (Å²) in [5.41, 5.74) is 4.58. The summed E-state index contributed by atoms with van der Waals surface area (Å²) >= 11 is 5.65. The van der Waals surface area contributed by atoms with Gasteiger partial charge in [0.2, 0.25) is 0 Å². The molecule has 0 aliphatic carbocycles. The predicted octanol–water partition coefficient (Wildman–Crippen LogP) is 4.49. The normalized spacial score (nSPS) is 12.5. The highest BCUT2D eigenvalue weighted by atomic mass is 35.5. The van der Waals surface area contributed by atoms with E-state index in [0.29, 0.717) is 5.56 Å². The van der Waals surface area contributed by atoms with E-state index in [1.807, 2.05) is 32.9 Å². The highest BCUT2D eigenvalue weighted by molar-refractivity contribution is 6.30. The van der Waals surface area contributed by atoms with E-state index < -0.39 is 11.9 Å². The molecule has 0 saturated carbocycles. The lowest BCUT2D eigenvalue weighted by molar-refractivity contribution is 0.219. The summed E-state index contributed by atoms with van der Waals surface area (Å²) in [6.07, 6.45) is -0.842. The van der Waals surface area contributed by atoms with Crippen LogP contribution in [0, 0.1) is 26.6 Å². The van der Waals surface area contributed by atoms with Crippen LogP contribution in [-0.4, -0.2) is 5.11 Å². The number of rotatable bonds is 2. The highest BCUT2D eigenvalue weighted by Crippen LogP contribution is 2.29. The lowest BCUT2D eigenvalue weighted by Crippen LogP contribution is -2.04. The van der Waals surface area contributed by atoms with Crippen LogP contribution < -0.4 is 0 Å². The van der Waals surface area contributed by atoms with E-state index in [1.165, 1.54) is 17.7 Å². The highest BCUT2D eigenvalue weighted by Gasteiger charge is 2.15. The van der Waals surface area contributed by atoms with Crippen LogP contribution in [0.15, 0.2) is 30.3 Å². The van der Waals surface area contributed by atoms with Gasteiger partial charge in [0.15, 0.2) is 0 Å². The standard InChI is InChI=1S/C16H16ClFO/c1-9-6-11(3)13(7-10(9)2)16(19)12-4-5-14(17)15(18)8-12/h4-8,16,19H,1-3H3. The fourth-order valence-corrected chi connectivity index (χ4v) is 2.26. The Morgan fingerprint density at radius 1 is 1.00 bits per heavy atom. The van der Waals surface area contributed by atoms with Crippen molar-refractivity contribution in [2.45, 2.75) is 26.9 Å². The van der Waals surface area contributed by atoms with Gasteiger partial charge in [0.25, 0.3) is 0 Å². The van der Waals surface area contributed by atoms with E-state index in [-0.39, 0.29) is 5.02 Å². The van der Waals surface area contributed by atoms with Crippen molar-refractivity contribution in [2.75, 3.05) is 0 Å². The van der Waals surface area contributed by atoms with Crippen LogP contribution in [0.1, 0.15) is 33.9 Å². The third kappa shape index (κ3) is 2.80. The summed E-state index contributed by atoms with van der Waals surface area (Å²) in [5, 5.41) is 10.5. The number of hydrogen-bond acceptors (Lipinski definition) is 1. The van der Waals surface area contributed by atoms with Crippen LogP contribution in [0.2, 0.25) is 5.02 Å². The molecule has 0 fully saturated rings. The van der Waals surface area contributed by atoms with Crippen molar-refractivity contribution in [3.8, 4) is 0 Å². The van der Waals surface area contributed by atoms with Crippen LogP contribution in [0.4, 0.5) is 4.39 Å². The monoisotopic (exact) mass is 278 g/mol. The molecule has 0 bridgehead atoms. The van der Waals surface area contributed by atoms with Crippen LogP contribution >= 0.6 is 11.6 Å².